The summed E-state index contributed by atoms with van der Waals surface area (Å²) in [7, 11) is 0. The summed E-state index contributed by atoms with van der Waals surface area (Å²) in [5.41, 5.74) is 0.956. The molecule has 0 aliphatic carbocycles. The molecule has 0 aliphatic heterocycles. The Balaban J connectivity index is 2.20. The molecular weight excluding hydrogens is 264 g/mol. The Hall–Kier alpha value is -2.47. The second kappa shape index (κ2) is 4.33. The second-order valence-electron chi connectivity index (χ2n) is 3.92. The molecule has 0 fully saturated rings. The zero-order chi connectivity index (χ0) is 13.4. The van der Waals surface area contributed by atoms with Crippen molar-refractivity contribution in [3.8, 4) is 16.3 Å². The fourth-order valence-electron chi connectivity index (χ4n) is 1.79. The van der Waals surface area contributed by atoms with Crippen molar-refractivity contribution in [2.75, 3.05) is 0 Å². The van der Waals surface area contributed by atoms with Gasteiger partial charge in [-0.25, -0.2) is 4.98 Å². The molecule has 5 nitrogen and oxygen atoms in total. The van der Waals surface area contributed by atoms with E-state index in [1.165, 1.54) is 29.5 Å². The van der Waals surface area contributed by atoms with Crippen molar-refractivity contribution in [2.45, 2.75) is 0 Å². The number of fused-ring (bicyclic) bond motifs is 1. The van der Waals surface area contributed by atoms with Crippen molar-refractivity contribution in [1.29, 1.82) is 0 Å². The molecule has 1 aromatic heterocycles. The predicted octanol–water partition coefficient (Wildman–Crippen LogP) is 2.95. The molecule has 0 atom stereocenters. The molecule has 0 radical (unpaired) electrons. The number of nitro benzene ring substituents is 1. The molecule has 0 amide bonds. The first-order chi connectivity index (χ1) is 9.15. The van der Waals surface area contributed by atoms with Crippen LogP contribution in [0, 0.1) is 10.1 Å². The Morgan fingerprint density at radius 3 is 2.68 bits per heavy atom. The third-order valence-electron chi connectivity index (χ3n) is 2.70. The van der Waals surface area contributed by atoms with E-state index < -0.39 is 4.92 Å². The van der Waals surface area contributed by atoms with Gasteiger partial charge >= 0.3 is 0 Å². The van der Waals surface area contributed by atoms with Gasteiger partial charge in [0.05, 0.1) is 15.1 Å². The van der Waals surface area contributed by atoms with E-state index in [1.807, 2.05) is 24.3 Å². The first-order valence-electron chi connectivity index (χ1n) is 5.46. The predicted molar refractivity (Wildman–Crippen MR) is 71.2 cm³/mol. The van der Waals surface area contributed by atoms with Crippen LogP contribution in [-0.2, 0) is 0 Å². The average Bonchev–Trinajstić information content (AvgIpc) is 2.82. The number of hydrogen-bond acceptors (Lipinski definition) is 5. The van der Waals surface area contributed by atoms with Crippen LogP contribution in [0.25, 0.3) is 20.8 Å². The number of para-hydroxylation sites is 1. The molecule has 0 spiro atoms. The Bertz CT molecular complexity index is 749. The number of rotatable bonds is 2. The lowest BCUT2D eigenvalue weighted by Crippen LogP contribution is -1.95. The van der Waals surface area contributed by atoms with Crippen LogP contribution in [0.4, 0.5) is 5.69 Å². The first kappa shape index (κ1) is 11.6. The summed E-state index contributed by atoms with van der Waals surface area (Å²) in [5.74, 6) is -0.260. The van der Waals surface area contributed by atoms with Gasteiger partial charge in [-0.2, -0.15) is 0 Å². The minimum Gasteiger partial charge on any atom is -0.872 e. The van der Waals surface area contributed by atoms with Crippen molar-refractivity contribution in [3.63, 3.8) is 0 Å². The van der Waals surface area contributed by atoms with Gasteiger partial charge in [-0.3, -0.25) is 10.1 Å². The van der Waals surface area contributed by atoms with Gasteiger partial charge in [-0.1, -0.05) is 23.9 Å². The molecule has 0 aliphatic rings. The number of thiazole rings is 1. The Morgan fingerprint density at radius 2 is 1.95 bits per heavy atom. The number of nitrogens with zero attached hydrogens (tertiary/aromatic N) is 2. The Kier molecular flexibility index (Phi) is 2.64. The van der Waals surface area contributed by atoms with E-state index >= 15 is 0 Å². The lowest BCUT2D eigenvalue weighted by Gasteiger charge is -2.09. The van der Waals surface area contributed by atoms with Crippen molar-refractivity contribution in [3.05, 3.63) is 52.6 Å². The molecule has 2 aromatic carbocycles. The van der Waals surface area contributed by atoms with E-state index in [4.69, 9.17) is 0 Å². The van der Waals surface area contributed by atoms with Gasteiger partial charge in [-0.15, -0.1) is 11.3 Å². The van der Waals surface area contributed by atoms with Crippen LogP contribution in [-0.4, -0.2) is 9.91 Å². The molecule has 0 unspecified atom stereocenters. The van der Waals surface area contributed by atoms with Crippen molar-refractivity contribution in [2.24, 2.45) is 0 Å². The average molecular weight is 271 g/mol. The van der Waals surface area contributed by atoms with Crippen LogP contribution in [0.1, 0.15) is 0 Å². The van der Waals surface area contributed by atoms with Crippen molar-refractivity contribution < 1.29 is 10.0 Å². The van der Waals surface area contributed by atoms with Gasteiger partial charge in [0.15, 0.2) is 0 Å². The summed E-state index contributed by atoms with van der Waals surface area (Å²) in [6.45, 7) is 0. The van der Waals surface area contributed by atoms with E-state index in [0.29, 0.717) is 5.01 Å². The maximum Gasteiger partial charge on any atom is 0.270 e. The van der Waals surface area contributed by atoms with E-state index in [2.05, 4.69) is 4.98 Å². The number of hydrogen-bond donors (Lipinski definition) is 0. The Labute approximate surface area is 111 Å². The minimum atomic E-state index is -0.518. The summed E-state index contributed by atoms with van der Waals surface area (Å²) < 4.78 is 0.948. The zero-order valence-corrected chi connectivity index (χ0v) is 10.4. The number of nitro groups is 1. The highest BCUT2D eigenvalue weighted by atomic mass is 32.1. The maximum atomic E-state index is 11.8. The monoisotopic (exact) mass is 271 g/mol. The molecule has 94 valence electrons. The van der Waals surface area contributed by atoms with E-state index in [0.717, 1.165) is 10.2 Å². The summed E-state index contributed by atoms with van der Waals surface area (Å²) in [5, 5.41) is 23.1. The van der Waals surface area contributed by atoms with Crippen LogP contribution in [0.15, 0.2) is 42.5 Å². The van der Waals surface area contributed by atoms with E-state index in [1.54, 1.807) is 0 Å². The fraction of sp³-hybridized carbons (Fsp3) is 0. The molecule has 0 N–H and O–H groups in total. The largest absolute Gasteiger partial charge is 0.872 e. The lowest BCUT2D eigenvalue weighted by molar-refractivity contribution is -0.385. The second-order valence-corrected chi connectivity index (χ2v) is 4.95. The van der Waals surface area contributed by atoms with Gasteiger partial charge in [0.25, 0.3) is 5.69 Å². The quantitative estimate of drug-likeness (QED) is 0.530. The summed E-state index contributed by atoms with van der Waals surface area (Å²) in [6.07, 6.45) is 0. The summed E-state index contributed by atoms with van der Waals surface area (Å²) in [6, 6.07) is 11.2. The molecule has 3 aromatic rings. The van der Waals surface area contributed by atoms with Gasteiger partial charge in [0.2, 0.25) is 0 Å². The number of non-ortho nitro benzene ring substituents is 1. The zero-order valence-electron chi connectivity index (χ0n) is 9.57. The highest BCUT2D eigenvalue weighted by molar-refractivity contribution is 7.21. The van der Waals surface area contributed by atoms with Crippen molar-refractivity contribution in [1.82, 2.24) is 4.98 Å². The fourth-order valence-corrected chi connectivity index (χ4v) is 2.77. The van der Waals surface area contributed by atoms with Crippen molar-refractivity contribution >= 4 is 27.2 Å². The molecule has 0 saturated heterocycles. The van der Waals surface area contributed by atoms with Gasteiger partial charge in [-0.05, 0) is 12.1 Å². The molecule has 3 rings (SSSR count). The topological polar surface area (TPSA) is 79.1 Å². The molecule has 1 heterocycles. The van der Waals surface area contributed by atoms with Crippen LogP contribution < -0.4 is 5.11 Å². The minimum absolute atomic E-state index is 0.103. The normalized spacial score (nSPS) is 10.7. The molecule has 0 bridgehead atoms. The SMILES string of the molecule is O=[N+]([O-])c1ccc([O-])c(-c2nc3ccccc3s2)c1. The lowest BCUT2D eigenvalue weighted by atomic mass is 10.2. The van der Waals surface area contributed by atoms with Gasteiger partial charge in [0.1, 0.15) is 5.01 Å². The van der Waals surface area contributed by atoms with Gasteiger partial charge in [0, 0.05) is 17.7 Å². The van der Waals surface area contributed by atoms with Gasteiger partial charge < -0.3 is 5.11 Å². The van der Waals surface area contributed by atoms with E-state index in [9.17, 15) is 15.2 Å². The smallest absolute Gasteiger partial charge is 0.270 e. The number of aromatic nitrogens is 1. The van der Waals surface area contributed by atoms with Crippen LogP contribution in [0.5, 0.6) is 5.75 Å². The molecule has 0 saturated carbocycles. The third kappa shape index (κ3) is 2.02. The number of benzene rings is 2. The molecular formula is C13H7N2O3S-. The standard InChI is InChI=1S/C13H8N2O3S/c16-11-6-5-8(15(17)18)7-9(11)13-14-10-3-1-2-4-12(10)19-13/h1-7,16H/p-1. The Morgan fingerprint density at radius 1 is 1.16 bits per heavy atom. The maximum absolute atomic E-state index is 11.8. The summed E-state index contributed by atoms with van der Waals surface area (Å²) >= 11 is 1.35. The van der Waals surface area contributed by atoms with Crippen LogP contribution >= 0.6 is 11.3 Å². The molecule has 19 heavy (non-hydrogen) atoms. The highest BCUT2D eigenvalue weighted by Crippen LogP contribution is 2.35. The molecule has 6 heteroatoms. The highest BCUT2D eigenvalue weighted by Gasteiger charge is 2.11. The van der Waals surface area contributed by atoms with Crippen LogP contribution in [0.3, 0.4) is 0 Å². The van der Waals surface area contributed by atoms with E-state index in [-0.39, 0.29) is 17.0 Å². The summed E-state index contributed by atoms with van der Waals surface area (Å²) in [4.78, 5) is 14.6. The third-order valence-corrected chi connectivity index (χ3v) is 3.77. The van der Waals surface area contributed by atoms with Crippen LogP contribution in [0.2, 0.25) is 0 Å². The first-order valence-corrected chi connectivity index (χ1v) is 6.28.